The molecule has 4 rings (SSSR count). The maximum Gasteiger partial charge on any atom is 0.413 e. The van der Waals surface area contributed by atoms with Crippen molar-refractivity contribution in [2.24, 2.45) is 0 Å². The number of fused-ring (bicyclic) bond motifs is 1. The molecule has 2 N–H and O–H groups in total. The smallest absolute Gasteiger partial charge is 0.413 e. The van der Waals surface area contributed by atoms with Gasteiger partial charge in [-0.1, -0.05) is 6.42 Å². The number of nitrogens with one attached hydrogen (secondary N) is 2. The topological polar surface area (TPSA) is 125 Å². The number of nitrogens with zero attached hydrogens (tertiary/aromatic N) is 2. The SMILES string of the molecule is COC(=O)NC(=O)c1c(NC(=O)c2ccc(S(=O)(=O)N3CCCCC3C)cc2)sc2c1CCN(C)C2. The normalized spacial score (nSPS) is 18.8. The van der Waals surface area contributed by atoms with Crippen molar-refractivity contribution in [1.82, 2.24) is 14.5 Å². The lowest BCUT2D eigenvalue weighted by molar-refractivity contribution is 0.0936. The van der Waals surface area contributed by atoms with E-state index >= 15 is 0 Å². The first kappa shape index (κ1) is 26.3. The first-order chi connectivity index (χ1) is 17.1. The summed E-state index contributed by atoms with van der Waals surface area (Å²) in [4.78, 5) is 40.7. The highest BCUT2D eigenvalue weighted by atomic mass is 32.2. The predicted molar refractivity (Wildman–Crippen MR) is 136 cm³/mol. The second-order valence-electron chi connectivity index (χ2n) is 9.08. The van der Waals surface area contributed by atoms with E-state index in [1.54, 1.807) is 0 Å². The maximum atomic E-state index is 13.1. The van der Waals surface area contributed by atoms with Gasteiger partial charge in [0.05, 0.1) is 17.6 Å². The Balaban J connectivity index is 1.57. The second kappa shape index (κ2) is 10.7. The first-order valence-electron chi connectivity index (χ1n) is 11.8. The highest BCUT2D eigenvalue weighted by Gasteiger charge is 2.32. The summed E-state index contributed by atoms with van der Waals surface area (Å²) < 4.78 is 32.2. The summed E-state index contributed by atoms with van der Waals surface area (Å²) >= 11 is 1.29. The van der Waals surface area contributed by atoms with Gasteiger partial charge in [0.2, 0.25) is 10.0 Å². The third kappa shape index (κ3) is 5.31. The number of amides is 3. The number of carbonyl (C=O) groups is 3. The van der Waals surface area contributed by atoms with Gasteiger partial charge in [-0.2, -0.15) is 4.31 Å². The van der Waals surface area contributed by atoms with Crippen molar-refractivity contribution in [3.05, 3.63) is 45.8 Å². The molecular weight excluding hydrogens is 504 g/mol. The van der Waals surface area contributed by atoms with Crippen LogP contribution in [0.15, 0.2) is 29.2 Å². The molecule has 1 unspecified atom stereocenters. The van der Waals surface area contributed by atoms with Gasteiger partial charge in [-0.3, -0.25) is 14.9 Å². The number of likely N-dealkylation sites (N-methyl/N-ethyl adjacent to an activating group) is 1. The summed E-state index contributed by atoms with van der Waals surface area (Å²) in [7, 11) is -0.516. The lowest BCUT2D eigenvalue weighted by atomic mass is 10.0. The van der Waals surface area contributed by atoms with E-state index in [-0.39, 0.29) is 22.1 Å². The number of carbonyl (C=O) groups excluding carboxylic acids is 3. The maximum absolute atomic E-state index is 13.1. The van der Waals surface area contributed by atoms with E-state index in [1.165, 1.54) is 47.0 Å². The summed E-state index contributed by atoms with van der Waals surface area (Å²) in [6, 6.07) is 5.74. The number of piperidine rings is 1. The summed E-state index contributed by atoms with van der Waals surface area (Å²) in [5.41, 5.74) is 1.30. The van der Waals surface area contributed by atoms with Crippen molar-refractivity contribution in [2.75, 3.05) is 32.6 Å². The Morgan fingerprint density at radius 3 is 2.47 bits per heavy atom. The molecule has 0 aliphatic carbocycles. The van der Waals surface area contributed by atoms with Crippen LogP contribution in [0.2, 0.25) is 0 Å². The highest BCUT2D eigenvalue weighted by molar-refractivity contribution is 7.89. The zero-order valence-electron chi connectivity index (χ0n) is 20.5. The molecule has 3 amide bonds. The van der Waals surface area contributed by atoms with Crippen LogP contribution in [-0.2, 0) is 27.7 Å². The molecule has 0 bridgehead atoms. The number of benzene rings is 1. The number of anilines is 1. The monoisotopic (exact) mass is 534 g/mol. The summed E-state index contributed by atoms with van der Waals surface area (Å²) in [5.74, 6) is -1.12. The van der Waals surface area contributed by atoms with E-state index in [9.17, 15) is 22.8 Å². The van der Waals surface area contributed by atoms with Gasteiger partial charge in [-0.15, -0.1) is 11.3 Å². The fraction of sp³-hybridized carbons (Fsp3) is 0.458. The zero-order valence-corrected chi connectivity index (χ0v) is 22.1. The van der Waals surface area contributed by atoms with Gasteiger partial charge in [-0.05, 0) is 63.1 Å². The number of hydrogen-bond donors (Lipinski definition) is 2. The first-order valence-corrected chi connectivity index (χ1v) is 14.0. The molecule has 2 aliphatic heterocycles. The van der Waals surface area contributed by atoms with E-state index in [2.05, 4.69) is 20.3 Å². The Morgan fingerprint density at radius 2 is 1.81 bits per heavy atom. The Morgan fingerprint density at radius 1 is 1.08 bits per heavy atom. The molecule has 1 aromatic heterocycles. The molecule has 0 radical (unpaired) electrons. The molecule has 0 saturated carbocycles. The van der Waals surface area contributed by atoms with E-state index < -0.39 is 27.9 Å². The van der Waals surface area contributed by atoms with Gasteiger partial charge in [0.15, 0.2) is 0 Å². The Hall–Kier alpha value is -2.80. The largest absolute Gasteiger partial charge is 0.453 e. The van der Waals surface area contributed by atoms with Crippen LogP contribution in [0.3, 0.4) is 0 Å². The Bertz CT molecular complexity index is 1270. The van der Waals surface area contributed by atoms with Gasteiger partial charge in [0.1, 0.15) is 5.00 Å². The zero-order chi connectivity index (χ0) is 26.0. The summed E-state index contributed by atoms with van der Waals surface area (Å²) in [6.07, 6.45) is 2.38. The number of hydrogen-bond acceptors (Lipinski definition) is 8. The number of imide groups is 1. The summed E-state index contributed by atoms with van der Waals surface area (Å²) in [6.45, 7) is 3.75. The molecular formula is C24H30N4O6S2. The molecule has 12 heteroatoms. The van der Waals surface area contributed by atoms with Crippen LogP contribution in [0.25, 0.3) is 0 Å². The molecule has 1 fully saturated rings. The third-order valence-electron chi connectivity index (χ3n) is 6.57. The number of sulfonamides is 1. The van der Waals surface area contributed by atoms with Crippen molar-refractivity contribution >= 4 is 44.3 Å². The van der Waals surface area contributed by atoms with Crippen LogP contribution in [0.4, 0.5) is 9.80 Å². The molecule has 0 spiro atoms. The lowest BCUT2D eigenvalue weighted by Crippen LogP contribution is -2.41. The number of ether oxygens (including phenoxy) is 1. The van der Waals surface area contributed by atoms with Crippen LogP contribution >= 0.6 is 11.3 Å². The van der Waals surface area contributed by atoms with Crippen LogP contribution in [0.5, 0.6) is 0 Å². The van der Waals surface area contributed by atoms with Crippen molar-refractivity contribution in [3.8, 4) is 0 Å². The quantitative estimate of drug-likeness (QED) is 0.604. The number of rotatable bonds is 5. The van der Waals surface area contributed by atoms with Crippen molar-refractivity contribution in [3.63, 3.8) is 0 Å². The van der Waals surface area contributed by atoms with Crippen LogP contribution in [0.1, 0.15) is 57.3 Å². The third-order valence-corrected chi connectivity index (χ3v) is 9.73. The molecule has 2 aliphatic rings. The van der Waals surface area contributed by atoms with Gasteiger partial charge in [0.25, 0.3) is 11.8 Å². The summed E-state index contributed by atoms with van der Waals surface area (Å²) in [5, 5.41) is 5.30. The van der Waals surface area contributed by atoms with E-state index in [4.69, 9.17) is 0 Å². The average molecular weight is 535 g/mol. The Kier molecular flexibility index (Phi) is 7.79. The fourth-order valence-electron chi connectivity index (χ4n) is 4.58. The standard InChI is InChI=1S/C24H30N4O6S2/c1-15-6-4-5-12-28(15)36(32,33)17-9-7-16(8-10-17)21(29)25-23-20(22(30)26-24(31)34-3)18-11-13-27(2)14-19(18)35-23/h7-10,15H,4-6,11-14H2,1-3H3,(H,25,29)(H,26,30,31). The number of methoxy groups -OCH3 is 1. The van der Waals surface area contributed by atoms with E-state index in [1.807, 2.05) is 14.0 Å². The van der Waals surface area contributed by atoms with Crippen molar-refractivity contribution < 1.29 is 27.5 Å². The van der Waals surface area contributed by atoms with Gasteiger partial charge < -0.3 is 15.0 Å². The second-order valence-corrected chi connectivity index (χ2v) is 12.1. The average Bonchev–Trinajstić information content (AvgIpc) is 3.20. The molecule has 36 heavy (non-hydrogen) atoms. The van der Waals surface area contributed by atoms with Crippen molar-refractivity contribution in [2.45, 2.75) is 50.1 Å². The molecule has 1 aromatic carbocycles. The Labute approximate surface area is 214 Å². The number of thiophene rings is 1. The van der Waals surface area contributed by atoms with Crippen LogP contribution in [-0.4, -0.2) is 68.8 Å². The van der Waals surface area contributed by atoms with Crippen molar-refractivity contribution in [1.29, 1.82) is 0 Å². The van der Waals surface area contributed by atoms with E-state index in [0.717, 1.165) is 36.2 Å². The van der Waals surface area contributed by atoms with Gasteiger partial charge in [0, 0.05) is 36.1 Å². The predicted octanol–water partition coefficient (Wildman–Crippen LogP) is 3.05. The fourth-order valence-corrected chi connectivity index (χ4v) is 7.60. The molecule has 10 nitrogen and oxygen atoms in total. The minimum atomic E-state index is -3.65. The molecule has 2 aromatic rings. The minimum absolute atomic E-state index is 0.0646. The lowest BCUT2D eigenvalue weighted by Gasteiger charge is -2.32. The van der Waals surface area contributed by atoms with Crippen LogP contribution < -0.4 is 10.6 Å². The molecule has 1 saturated heterocycles. The molecule has 3 heterocycles. The van der Waals surface area contributed by atoms with Gasteiger partial charge in [-0.25, -0.2) is 13.2 Å². The minimum Gasteiger partial charge on any atom is -0.453 e. The highest BCUT2D eigenvalue weighted by Crippen LogP contribution is 2.37. The van der Waals surface area contributed by atoms with E-state index in [0.29, 0.717) is 24.5 Å². The van der Waals surface area contributed by atoms with Crippen LogP contribution in [0, 0.1) is 0 Å². The number of alkyl carbamates (subject to hydrolysis) is 1. The molecule has 1 atom stereocenters. The van der Waals surface area contributed by atoms with Gasteiger partial charge >= 0.3 is 6.09 Å². The molecule has 194 valence electrons.